The molecule has 0 amide bonds. The monoisotopic (exact) mass is 214 g/mol. The van der Waals surface area contributed by atoms with E-state index in [-0.39, 0.29) is 6.67 Å². The standard InChI is InChI=1S/C9H12BFO2S/c11-5-2-6-14-9-4-1-3-8(7-9)10(12)13/h1,3-4,7,12-13H,2,5-6H2. The second-order valence-electron chi connectivity index (χ2n) is 2.84. The molecule has 0 heterocycles. The summed E-state index contributed by atoms with van der Waals surface area (Å²) in [5, 5.41) is 17.8. The van der Waals surface area contributed by atoms with Gasteiger partial charge < -0.3 is 10.0 Å². The Morgan fingerprint density at radius 3 is 2.79 bits per heavy atom. The van der Waals surface area contributed by atoms with Crippen LogP contribution in [0.4, 0.5) is 4.39 Å². The molecule has 0 aliphatic carbocycles. The van der Waals surface area contributed by atoms with Crippen LogP contribution in [0.1, 0.15) is 6.42 Å². The summed E-state index contributed by atoms with van der Waals surface area (Å²) in [4.78, 5) is 0.934. The van der Waals surface area contributed by atoms with Gasteiger partial charge in [0.1, 0.15) is 0 Å². The summed E-state index contributed by atoms with van der Waals surface area (Å²) in [6, 6.07) is 6.97. The van der Waals surface area contributed by atoms with Gasteiger partial charge in [-0.05, 0) is 24.0 Å². The largest absolute Gasteiger partial charge is 0.488 e. The normalized spacial score (nSPS) is 10.2. The number of hydrogen-bond donors (Lipinski definition) is 2. The summed E-state index contributed by atoms with van der Waals surface area (Å²) >= 11 is 1.51. The van der Waals surface area contributed by atoms with E-state index in [1.807, 2.05) is 6.07 Å². The van der Waals surface area contributed by atoms with E-state index in [4.69, 9.17) is 10.0 Å². The molecule has 76 valence electrons. The van der Waals surface area contributed by atoms with Gasteiger partial charge in [0.25, 0.3) is 0 Å². The van der Waals surface area contributed by atoms with Gasteiger partial charge in [-0.3, -0.25) is 4.39 Å². The van der Waals surface area contributed by atoms with Crippen LogP contribution < -0.4 is 5.46 Å². The van der Waals surface area contributed by atoms with Gasteiger partial charge in [-0.2, -0.15) is 0 Å². The van der Waals surface area contributed by atoms with Crippen molar-refractivity contribution in [3.05, 3.63) is 24.3 Å². The molecule has 0 bridgehead atoms. The Hall–Kier alpha value is -0.515. The first-order valence-electron chi connectivity index (χ1n) is 4.39. The average Bonchev–Trinajstić information content (AvgIpc) is 2.19. The van der Waals surface area contributed by atoms with E-state index in [1.165, 1.54) is 11.8 Å². The molecule has 5 heteroatoms. The maximum Gasteiger partial charge on any atom is 0.488 e. The topological polar surface area (TPSA) is 40.5 Å². The molecule has 2 N–H and O–H groups in total. The van der Waals surface area contributed by atoms with Crippen LogP contribution in [0, 0.1) is 0 Å². The van der Waals surface area contributed by atoms with Crippen LogP contribution in [-0.2, 0) is 0 Å². The summed E-state index contributed by atoms with van der Waals surface area (Å²) < 4.78 is 11.8. The number of alkyl halides is 1. The molecule has 0 aliphatic rings. The third-order valence-corrected chi connectivity index (χ3v) is 2.78. The first-order chi connectivity index (χ1) is 6.74. The van der Waals surface area contributed by atoms with Gasteiger partial charge in [0, 0.05) is 10.6 Å². The molecule has 0 radical (unpaired) electrons. The Bertz CT molecular complexity index is 283. The minimum Gasteiger partial charge on any atom is -0.423 e. The van der Waals surface area contributed by atoms with Crippen LogP contribution in [0.5, 0.6) is 0 Å². The zero-order chi connectivity index (χ0) is 10.4. The maximum atomic E-state index is 11.8. The number of halogens is 1. The molecule has 14 heavy (non-hydrogen) atoms. The molecule has 0 aliphatic heterocycles. The minimum absolute atomic E-state index is 0.310. The van der Waals surface area contributed by atoms with Crippen LogP contribution in [-0.4, -0.2) is 29.6 Å². The molecule has 0 fully saturated rings. The number of benzene rings is 1. The molecular weight excluding hydrogens is 202 g/mol. The fraction of sp³-hybridized carbons (Fsp3) is 0.333. The van der Waals surface area contributed by atoms with Crippen molar-refractivity contribution in [2.75, 3.05) is 12.4 Å². The third kappa shape index (κ3) is 3.70. The first kappa shape index (κ1) is 11.6. The number of thioether (sulfide) groups is 1. The number of rotatable bonds is 5. The summed E-state index contributed by atoms with van der Waals surface area (Å²) in [6.45, 7) is -0.310. The van der Waals surface area contributed by atoms with Crippen molar-refractivity contribution in [3.63, 3.8) is 0 Å². The summed E-state index contributed by atoms with van der Waals surface area (Å²) in [7, 11) is -1.43. The lowest BCUT2D eigenvalue weighted by molar-refractivity contribution is 0.425. The summed E-state index contributed by atoms with van der Waals surface area (Å²) in [5.41, 5.74) is 0.468. The molecule has 2 nitrogen and oxygen atoms in total. The zero-order valence-electron chi connectivity index (χ0n) is 7.69. The fourth-order valence-electron chi connectivity index (χ4n) is 1.01. The Labute approximate surface area is 87.3 Å². The van der Waals surface area contributed by atoms with Crippen molar-refractivity contribution in [2.24, 2.45) is 0 Å². The quantitative estimate of drug-likeness (QED) is 0.433. The fourth-order valence-corrected chi connectivity index (χ4v) is 1.89. The van der Waals surface area contributed by atoms with E-state index < -0.39 is 7.12 Å². The lowest BCUT2D eigenvalue weighted by Crippen LogP contribution is -2.29. The van der Waals surface area contributed by atoms with Crippen LogP contribution in [0.2, 0.25) is 0 Å². The molecule has 1 aromatic carbocycles. The second kappa shape index (κ2) is 6.06. The van der Waals surface area contributed by atoms with E-state index in [9.17, 15) is 4.39 Å². The minimum atomic E-state index is -1.43. The highest BCUT2D eigenvalue weighted by Crippen LogP contribution is 2.17. The van der Waals surface area contributed by atoms with Crippen LogP contribution in [0.15, 0.2) is 29.2 Å². The van der Waals surface area contributed by atoms with E-state index >= 15 is 0 Å². The van der Waals surface area contributed by atoms with E-state index in [2.05, 4.69) is 0 Å². The lowest BCUT2D eigenvalue weighted by atomic mass is 9.80. The predicted molar refractivity (Wildman–Crippen MR) is 57.6 cm³/mol. The van der Waals surface area contributed by atoms with Gasteiger partial charge in [-0.1, -0.05) is 12.1 Å². The molecule has 0 unspecified atom stereocenters. The Morgan fingerprint density at radius 1 is 1.36 bits per heavy atom. The predicted octanol–water partition coefficient (Wildman–Crippen LogP) is 0.818. The van der Waals surface area contributed by atoms with Gasteiger partial charge in [0.2, 0.25) is 0 Å². The van der Waals surface area contributed by atoms with Crippen LogP contribution in [0.25, 0.3) is 0 Å². The summed E-state index contributed by atoms with van der Waals surface area (Å²) in [5.74, 6) is 0.710. The van der Waals surface area contributed by atoms with Gasteiger partial charge in [-0.15, -0.1) is 11.8 Å². The van der Waals surface area contributed by atoms with Gasteiger partial charge in [0.15, 0.2) is 0 Å². The van der Waals surface area contributed by atoms with Crippen molar-refractivity contribution >= 4 is 24.3 Å². The molecule has 0 saturated carbocycles. The van der Waals surface area contributed by atoms with Crippen LogP contribution in [0.3, 0.4) is 0 Å². The molecular formula is C9H12BFO2S. The molecule has 0 atom stereocenters. The van der Waals surface area contributed by atoms with Crippen molar-refractivity contribution in [2.45, 2.75) is 11.3 Å². The number of hydrogen-bond acceptors (Lipinski definition) is 3. The molecule has 0 aromatic heterocycles. The smallest absolute Gasteiger partial charge is 0.423 e. The highest BCUT2D eigenvalue weighted by Gasteiger charge is 2.10. The molecule has 0 spiro atoms. The SMILES string of the molecule is OB(O)c1cccc(SCCCF)c1. The van der Waals surface area contributed by atoms with E-state index in [1.54, 1.807) is 18.2 Å². The molecule has 1 rings (SSSR count). The highest BCUT2D eigenvalue weighted by atomic mass is 32.2. The molecule has 1 aromatic rings. The van der Waals surface area contributed by atoms with E-state index in [0.717, 1.165) is 4.90 Å². The van der Waals surface area contributed by atoms with Gasteiger partial charge in [0.05, 0.1) is 6.67 Å². The van der Waals surface area contributed by atoms with Crippen molar-refractivity contribution in [1.29, 1.82) is 0 Å². The Morgan fingerprint density at radius 2 is 2.14 bits per heavy atom. The lowest BCUT2D eigenvalue weighted by Gasteiger charge is -2.03. The van der Waals surface area contributed by atoms with E-state index in [0.29, 0.717) is 17.6 Å². The third-order valence-electron chi connectivity index (χ3n) is 1.70. The first-order valence-corrected chi connectivity index (χ1v) is 5.37. The Kier molecular flexibility index (Phi) is 5.00. The van der Waals surface area contributed by atoms with Gasteiger partial charge in [-0.25, -0.2) is 0 Å². The second-order valence-corrected chi connectivity index (χ2v) is 4.01. The van der Waals surface area contributed by atoms with Crippen molar-refractivity contribution < 1.29 is 14.4 Å². The Balaban J connectivity index is 2.55. The summed E-state index contributed by atoms with van der Waals surface area (Å²) in [6.07, 6.45) is 0.524. The maximum absolute atomic E-state index is 11.8. The van der Waals surface area contributed by atoms with Crippen LogP contribution >= 0.6 is 11.8 Å². The van der Waals surface area contributed by atoms with Crippen molar-refractivity contribution in [3.8, 4) is 0 Å². The van der Waals surface area contributed by atoms with Crippen molar-refractivity contribution in [1.82, 2.24) is 0 Å². The highest BCUT2D eigenvalue weighted by molar-refractivity contribution is 7.99. The zero-order valence-corrected chi connectivity index (χ0v) is 8.51. The average molecular weight is 214 g/mol. The molecule has 0 saturated heterocycles. The van der Waals surface area contributed by atoms with Gasteiger partial charge >= 0.3 is 7.12 Å².